The number of anilines is 1. The summed E-state index contributed by atoms with van der Waals surface area (Å²) in [6.07, 6.45) is 4.84. The van der Waals surface area contributed by atoms with Crippen LogP contribution < -0.4 is 14.4 Å². The predicted molar refractivity (Wildman–Crippen MR) is 114 cm³/mol. The molecule has 0 aliphatic carbocycles. The second-order valence-electron chi connectivity index (χ2n) is 7.14. The molecule has 0 bridgehead atoms. The largest absolute Gasteiger partial charge is 0.497 e. The van der Waals surface area contributed by atoms with Gasteiger partial charge in [0.15, 0.2) is 0 Å². The fraction of sp³-hybridized carbons (Fsp3) is 0.333. The summed E-state index contributed by atoms with van der Waals surface area (Å²) in [7, 11) is 1.71. The molecule has 28 heavy (non-hydrogen) atoms. The van der Waals surface area contributed by atoms with Crippen molar-refractivity contribution in [3.05, 3.63) is 78.0 Å². The van der Waals surface area contributed by atoms with Gasteiger partial charge in [0, 0.05) is 23.3 Å². The van der Waals surface area contributed by atoms with Crippen LogP contribution in [0.2, 0.25) is 0 Å². The normalized spacial score (nSPS) is 19.6. The number of ether oxygens (including phenoxy) is 2. The minimum Gasteiger partial charge on any atom is -0.497 e. The van der Waals surface area contributed by atoms with E-state index in [2.05, 4.69) is 55.7 Å². The summed E-state index contributed by atoms with van der Waals surface area (Å²) in [6.45, 7) is 9.61. The van der Waals surface area contributed by atoms with Gasteiger partial charge in [-0.1, -0.05) is 24.8 Å². The summed E-state index contributed by atoms with van der Waals surface area (Å²) in [6, 6.07) is 14.4. The van der Waals surface area contributed by atoms with Crippen LogP contribution in [0.25, 0.3) is 0 Å². The smallest absolute Gasteiger partial charge is 0.119 e. The monoisotopic (exact) mass is 379 g/mol. The van der Waals surface area contributed by atoms with Gasteiger partial charge in [0.1, 0.15) is 18.1 Å². The average Bonchev–Trinajstić information content (AvgIpc) is 2.95. The van der Waals surface area contributed by atoms with Crippen molar-refractivity contribution in [2.75, 3.05) is 31.8 Å². The molecule has 0 amide bonds. The van der Waals surface area contributed by atoms with Gasteiger partial charge in [-0.15, -0.1) is 0 Å². The zero-order valence-electron chi connectivity index (χ0n) is 16.9. The zero-order valence-corrected chi connectivity index (χ0v) is 16.9. The Labute approximate surface area is 167 Å². The van der Waals surface area contributed by atoms with Crippen LogP contribution in [0.5, 0.6) is 11.5 Å². The molecule has 0 fully saturated rings. The molecule has 0 saturated carbocycles. The Morgan fingerprint density at radius 3 is 2.46 bits per heavy atom. The minimum atomic E-state index is -0.193. The van der Waals surface area contributed by atoms with Gasteiger partial charge in [-0.25, -0.2) is 0 Å². The lowest BCUT2D eigenvalue weighted by Gasteiger charge is -2.30. The lowest BCUT2D eigenvalue weighted by atomic mass is 9.76. The Bertz CT molecular complexity index is 857. The second-order valence-corrected chi connectivity index (χ2v) is 7.14. The Balaban J connectivity index is 2.01. The van der Waals surface area contributed by atoms with E-state index in [1.807, 2.05) is 24.3 Å². The first kappa shape index (κ1) is 20.0. The molecular formula is C24H29NO3. The van der Waals surface area contributed by atoms with Gasteiger partial charge in [0.25, 0.3) is 0 Å². The third-order valence-corrected chi connectivity index (χ3v) is 5.38. The average molecular weight is 380 g/mol. The molecule has 0 radical (unpaired) electrons. The first-order valence-corrected chi connectivity index (χ1v) is 9.69. The number of aliphatic hydroxyl groups is 1. The number of rotatable bonds is 8. The molecule has 1 atom stereocenters. The lowest BCUT2D eigenvalue weighted by Crippen LogP contribution is -2.30. The summed E-state index contributed by atoms with van der Waals surface area (Å²) >= 11 is 0. The molecule has 0 aromatic heterocycles. The maximum absolute atomic E-state index is 8.92. The third kappa shape index (κ3) is 3.65. The van der Waals surface area contributed by atoms with Gasteiger partial charge < -0.3 is 19.5 Å². The van der Waals surface area contributed by atoms with E-state index in [1.165, 1.54) is 22.5 Å². The van der Waals surface area contributed by atoms with Crippen LogP contribution in [-0.2, 0) is 11.8 Å². The van der Waals surface area contributed by atoms with Gasteiger partial charge in [0.05, 0.1) is 13.7 Å². The Kier molecular flexibility index (Phi) is 6.10. The summed E-state index contributed by atoms with van der Waals surface area (Å²) < 4.78 is 11.0. The number of fused-ring (bicyclic) bond motifs is 1. The van der Waals surface area contributed by atoms with Crippen molar-refractivity contribution in [2.45, 2.75) is 25.7 Å². The highest BCUT2D eigenvalue weighted by atomic mass is 16.5. The minimum absolute atomic E-state index is 0.0149. The van der Waals surface area contributed by atoms with Gasteiger partial charge in [-0.2, -0.15) is 0 Å². The van der Waals surface area contributed by atoms with Gasteiger partial charge in [-0.3, -0.25) is 0 Å². The van der Waals surface area contributed by atoms with Crippen LogP contribution in [0.15, 0.2) is 66.9 Å². The molecule has 1 aliphatic rings. The summed E-state index contributed by atoms with van der Waals surface area (Å²) in [5, 5.41) is 8.92. The van der Waals surface area contributed by atoms with E-state index in [0.29, 0.717) is 6.61 Å². The highest BCUT2D eigenvalue weighted by Gasteiger charge is 2.43. The highest BCUT2D eigenvalue weighted by molar-refractivity contribution is 5.72. The molecule has 1 N–H and O–H groups in total. The number of likely N-dealkylation sites (N-methyl/N-ethyl adjacent to an activating group) is 1. The van der Waals surface area contributed by atoms with Crippen molar-refractivity contribution in [3.63, 3.8) is 0 Å². The van der Waals surface area contributed by atoms with Crippen LogP contribution in [0, 0.1) is 0 Å². The van der Waals surface area contributed by atoms with Crippen LogP contribution in [-0.4, -0.2) is 32.0 Å². The number of hydrogen-bond acceptors (Lipinski definition) is 4. The van der Waals surface area contributed by atoms with Crippen LogP contribution in [0.4, 0.5) is 5.69 Å². The summed E-state index contributed by atoms with van der Waals surface area (Å²) in [5.74, 6) is 1.64. The number of nitrogens with zero attached hydrogens (tertiary/aromatic N) is 1. The van der Waals surface area contributed by atoms with E-state index in [0.717, 1.165) is 24.5 Å². The van der Waals surface area contributed by atoms with Crippen LogP contribution in [0.1, 0.15) is 25.0 Å². The standard InChI is InChI=1S/C24H29NO3/c1-5-7-23-24(3,17-18-8-10-19(11-9-18)28-15-14-26)21-16-20(27-4)12-13-22(21)25(23)6-2/h5,7-13,16,26H,1,6,14-15,17H2,2-4H3/b23-7-. The first-order valence-electron chi connectivity index (χ1n) is 9.69. The Morgan fingerprint density at radius 2 is 1.86 bits per heavy atom. The molecule has 1 aliphatic heterocycles. The maximum Gasteiger partial charge on any atom is 0.119 e. The fourth-order valence-corrected chi connectivity index (χ4v) is 4.07. The van der Waals surface area contributed by atoms with Crippen molar-refractivity contribution >= 4 is 5.69 Å². The van der Waals surface area contributed by atoms with Crippen molar-refractivity contribution in [1.82, 2.24) is 0 Å². The van der Waals surface area contributed by atoms with Gasteiger partial charge >= 0.3 is 0 Å². The Hall–Kier alpha value is -2.72. The molecular weight excluding hydrogens is 350 g/mol. The van der Waals surface area contributed by atoms with Crippen molar-refractivity contribution in [3.8, 4) is 11.5 Å². The van der Waals surface area contributed by atoms with E-state index in [1.54, 1.807) is 7.11 Å². The summed E-state index contributed by atoms with van der Waals surface area (Å²) in [5.41, 5.74) is 4.76. The quantitative estimate of drug-likeness (QED) is 0.734. The van der Waals surface area contributed by atoms with Gasteiger partial charge in [0.2, 0.25) is 0 Å². The SMILES string of the molecule is C=C/C=C1\N(CC)c2ccc(OC)cc2C1(C)Cc1ccc(OCCO)cc1. The van der Waals surface area contributed by atoms with Crippen LogP contribution in [0.3, 0.4) is 0 Å². The Morgan fingerprint density at radius 1 is 1.14 bits per heavy atom. The first-order chi connectivity index (χ1) is 13.6. The molecule has 2 aromatic carbocycles. The molecule has 4 nitrogen and oxygen atoms in total. The molecule has 0 saturated heterocycles. The molecule has 2 aromatic rings. The van der Waals surface area contributed by atoms with E-state index in [9.17, 15) is 0 Å². The van der Waals surface area contributed by atoms with E-state index in [4.69, 9.17) is 14.6 Å². The predicted octanol–water partition coefficient (Wildman–Crippen LogP) is 4.48. The highest BCUT2D eigenvalue weighted by Crippen LogP contribution is 2.50. The van der Waals surface area contributed by atoms with Crippen molar-refractivity contribution < 1.29 is 14.6 Å². The van der Waals surface area contributed by atoms with Crippen molar-refractivity contribution in [1.29, 1.82) is 0 Å². The lowest BCUT2D eigenvalue weighted by molar-refractivity contribution is 0.201. The van der Waals surface area contributed by atoms with Gasteiger partial charge in [-0.05, 0) is 67.8 Å². The maximum atomic E-state index is 8.92. The molecule has 1 unspecified atom stereocenters. The number of allylic oxidation sites excluding steroid dienone is 3. The van der Waals surface area contributed by atoms with E-state index < -0.39 is 0 Å². The van der Waals surface area contributed by atoms with E-state index in [-0.39, 0.29) is 12.0 Å². The number of hydrogen-bond donors (Lipinski definition) is 1. The fourth-order valence-electron chi connectivity index (χ4n) is 4.07. The second kappa shape index (κ2) is 8.53. The third-order valence-electron chi connectivity index (χ3n) is 5.38. The topological polar surface area (TPSA) is 41.9 Å². The molecule has 0 spiro atoms. The van der Waals surface area contributed by atoms with E-state index >= 15 is 0 Å². The number of methoxy groups -OCH3 is 1. The number of benzene rings is 2. The number of aliphatic hydroxyl groups excluding tert-OH is 1. The van der Waals surface area contributed by atoms with Crippen molar-refractivity contribution in [2.24, 2.45) is 0 Å². The zero-order chi connectivity index (χ0) is 20.1. The summed E-state index contributed by atoms with van der Waals surface area (Å²) in [4.78, 5) is 2.36. The molecule has 1 heterocycles. The van der Waals surface area contributed by atoms with Crippen LogP contribution >= 0.6 is 0 Å². The molecule has 3 rings (SSSR count). The molecule has 148 valence electrons. The molecule has 4 heteroatoms.